The van der Waals surface area contributed by atoms with Crippen molar-refractivity contribution in [2.75, 3.05) is 5.32 Å². The highest BCUT2D eigenvalue weighted by Crippen LogP contribution is 2.41. The Hall–Kier alpha value is -2.38. The van der Waals surface area contributed by atoms with E-state index in [0.717, 1.165) is 29.4 Å². The van der Waals surface area contributed by atoms with Crippen LogP contribution in [0.4, 0.5) is 5.69 Å². The van der Waals surface area contributed by atoms with Gasteiger partial charge in [-0.15, -0.1) is 10.2 Å². The molecule has 3 aromatic rings. The maximum absolute atomic E-state index is 12.6. The lowest BCUT2D eigenvalue weighted by Crippen LogP contribution is -2.23. The predicted molar refractivity (Wildman–Crippen MR) is 107 cm³/mol. The molecule has 6 nitrogen and oxygen atoms in total. The molecule has 1 aromatic carbocycles. The molecule has 0 saturated heterocycles. The molecule has 1 atom stereocenters. The minimum absolute atomic E-state index is 0.121. The number of anilines is 1. The van der Waals surface area contributed by atoms with Gasteiger partial charge in [0.1, 0.15) is 0 Å². The molecule has 0 bridgehead atoms. The van der Waals surface area contributed by atoms with Crippen LogP contribution < -0.4 is 5.32 Å². The number of carbonyl (C=O) groups excluding carboxylic acids is 1. The number of carbonyl (C=O) groups is 1. The highest BCUT2D eigenvalue weighted by atomic mass is 35.5. The number of amides is 1. The molecule has 8 heteroatoms. The standard InChI is InChI=1S/C19H18ClN5OS/c1-12(18(26)22-16-5-3-2-4-15(16)20)27-19-24-23-17(25(19)14-6-7-14)13-8-10-21-11-9-13/h2-5,8-12,14H,6-7H2,1H3,(H,22,26)/t12-/m0/s1. The smallest absolute Gasteiger partial charge is 0.237 e. The quantitative estimate of drug-likeness (QED) is 0.620. The molecule has 0 unspecified atom stereocenters. The number of hydrogen-bond donors (Lipinski definition) is 1. The monoisotopic (exact) mass is 399 g/mol. The number of halogens is 1. The summed E-state index contributed by atoms with van der Waals surface area (Å²) in [4.78, 5) is 16.6. The Morgan fingerprint density at radius 2 is 1.96 bits per heavy atom. The average molecular weight is 400 g/mol. The van der Waals surface area contributed by atoms with Gasteiger partial charge in [-0.1, -0.05) is 35.5 Å². The Kier molecular flexibility index (Phi) is 5.13. The second-order valence-corrected chi connectivity index (χ2v) is 8.09. The zero-order valence-electron chi connectivity index (χ0n) is 14.7. The van der Waals surface area contributed by atoms with Crippen molar-refractivity contribution in [2.24, 2.45) is 0 Å². The maximum atomic E-state index is 12.6. The fraction of sp³-hybridized carbons (Fsp3) is 0.263. The summed E-state index contributed by atoms with van der Waals surface area (Å²) in [5.74, 6) is 0.699. The molecule has 138 valence electrons. The molecule has 1 fully saturated rings. The Morgan fingerprint density at radius 3 is 2.67 bits per heavy atom. The average Bonchev–Trinajstić information content (AvgIpc) is 3.44. The topological polar surface area (TPSA) is 72.7 Å². The summed E-state index contributed by atoms with van der Waals surface area (Å²) < 4.78 is 2.14. The molecule has 1 aliphatic rings. The van der Waals surface area contributed by atoms with E-state index in [9.17, 15) is 4.79 Å². The first kappa shape index (κ1) is 18.0. The van der Waals surface area contributed by atoms with Crippen molar-refractivity contribution in [3.63, 3.8) is 0 Å². The number of rotatable bonds is 6. The predicted octanol–water partition coefficient (Wildman–Crippen LogP) is 4.45. The van der Waals surface area contributed by atoms with Gasteiger partial charge in [0.25, 0.3) is 0 Å². The van der Waals surface area contributed by atoms with E-state index >= 15 is 0 Å². The minimum Gasteiger partial charge on any atom is -0.324 e. The molecule has 0 spiro atoms. The Labute approximate surface area is 166 Å². The molecule has 1 amide bonds. The van der Waals surface area contributed by atoms with Crippen molar-refractivity contribution in [3.05, 3.63) is 53.8 Å². The van der Waals surface area contributed by atoms with Gasteiger partial charge >= 0.3 is 0 Å². The third-order valence-electron chi connectivity index (χ3n) is 4.30. The van der Waals surface area contributed by atoms with E-state index in [1.807, 2.05) is 31.2 Å². The third-order valence-corrected chi connectivity index (χ3v) is 5.68. The first-order valence-electron chi connectivity index (χ1n) is 8.71. The van der Waals surface area contributed by atoms with Crippen molar-refractivity contribution in [2.45, 2.75) is 36.2 Å². The number of pyridine rings is 1. The van der Waals surface area contributed by atoms with Crippen LogP contribution in [0, 0.1) is 0 Å². The Bertz CT molecular complexity index is 958. The second kappa shape index (κ2) is 7.70. The van der Waals surface area contributed by atoms with Crippen LogP contribution in [-0.4, -0.2) is 30.9 Å². The van der Waals surface area contributed by atoms with E-state index in [0.29, 0.717) is 16.8 Å². The number of nitrogens with zero attached hydrogens (tertiary/aromatic N) is 4. The lowest BCUT2D eigenvalue weighted by atomic mass is 10.2. The highest BCUT2D eigenvalue weighted by Gasteiger charge is 2.31. The minimum atomic E-state index is -0.340. The van der Waals surface area contributed by atoms with Crippen LogP contribution in [0.15, 0.2) is 53.9 Å². The molecule has 2 aromatic heterocycles. The van der Waals surface area contributed by atoms with Gasteiger partial charge in [-0.05, 0) is 44.0 Å². The molecule has 4 rings (SSSR count). The summed E-state index contributed by atoms with van der Waals surface area (Å²) in [6, 6.07) is 11.4. The lowest BCUT2D eigenvalue weighted by molar-refractivity contribution is -0.115. The highest BCUT2D eigenvalue weighted by molar-refractivity contribution is 8.00. The first-order valence-corrected chi connectivity index (χ1v) is 9.96. The van der Waals surface area contributed by atoms with E-state index in [1.165, 1.54) is 11.8 Å². The van der Waals surface area contributed by atoms with Crippen molar-refractivity contribution < 1.29 is 4.79 Å². The van der Waals surface area contributed by atoms with E-state index in [-0.39, 0.29) is 11.2 Å². The maximum Gasteiger partial charge on any atom is 0.237 e. The number of hydrogen-bond acceptors (Lipinski definition) is 5. The van der Waals surface area contributed by atoms with Gasteiger partial charge in [0.15, 0.2) is 11.0 Å². The van der Waals surface area contributed by atoms with Gasteiger partial charge in [-0.2, -0.15) is 0 Å². The third kappa shape index (κ3) is 3.99. The van der Waals surface area contributed by atoms with Gasteiger partial charge in [-0.25, -0.2) is 0 Å². The van der Waals surface area contributed by atoms with E-state index in [2.05, 4.69) is 25.1 Å². The van der Waals surface area contributed by atoms with Crippen molar-refractivity contribution >= 4 is 35.0 Å². The second-order valence-electron chi connectivity index (χ2n) is 6.37. The van der Waals surface area contributed by atoms with Crippen LogP contribution in [0.5, 0.6) is 0 Å². The molecule has 1 aliphatic carbocycles. The van der Waals surface area contributed by atoms with Crippen LogP contribution in [0.2, 0.25) is 5.02 Å². The summed E-state index contributed by atoms with van der Waals surface area (Å²) in [5, 5.41) is 12.5. The van der Waals surface area contributed by atoms with Gasteiger partial charge < -0.3 is 5.32 Å². The summed E-state index contributed by atoms with van der Waals surface area (Å²) in [7, 11) is 0. The van der Waals surface area contributed by atoms with Crippen molar-refractivity contribution in [1.29, 1.82) is 0 Å². The lowest BCUT2D eigenvalue weighted by Gasteiger charge is -2.14. The normalized spacial score (nSPS) is 14.7. The first-order chi connectivity index (χ1) is 13.1. The van der Waals surface area contributed by atoms with Gasteiger partial charge in [0.05, 0.1) is 16.0 Å². The molecule has 0 aliphatic heterocycles. The molecular weight excluding hydrogens is 382 g/mol. The molecule has 1 saturated carbocycles. The van der Waals surface area contributed by atoms with E-state index in [1.54, 1.807) is 24.5 Å². The van der Waals surface area contributed by atoms with Gasteiger partial charge in [0, 0.05) is 24.0 Å². The van der Waals surface area contributed by atoms with Crippen LogP contribution in [-0.2, 0) is 4.79 Å². The number of thioether (sulfide) groups is 1. The largest absolute Gasteiger partial charge is 0.324 e. The molecule has 2 heterocycles. The Morgan fingerprint density at radius 1 is 1.22 bits per heavy atom. The van der Waals surface area contributed by atoms with Crippen LogP contribution in [0.25, 0.3) is 11.4 Å². The number of benzene rings is 1. The molecule has 27 heavy (non-hydrogen) atoms. The SMILES string of the molecule is C[C@H](Sc1nnc(-c2ccncc2)n1C1CC1)C(=O)Nc1ccccc1Cl. The van der Waals surface area contributed by atoms with Crippen LogP contribution in [0.1, 0.15) is 25.8 Å². The van der Waals surface area contributed by atoms with Gasteiger partial charge in [-0.3, -0.25) is 14.3 Å². The summed E-state index contributed by atoms with van der Waals surface area (Å²) in [6.07, 6.45) is 5.69. The zero-order chi connectivity index (χ0) is 18.8. The number of para-hydroxylation sites is 1. The van der Waals surface area contributed by atoms with Crippen LogP contribution in [0.3, 0.4) is 0 Å². The molecule has 1 N–H and O–H groups in total. The van der Waals surface area contributed by atoms with E-state index < -0.39 is 0 Å². The summed E-state index contributed by atoms with van der Waals surface area (Å²) >= 11 is 7.53. The Balaban J connectivity index is 1.53. The fourth-order valence-electron chi connectivity index (χ4n) is 2.73. The van der Waals surface area contributed by atoms with Gasteiger partial charge in [0.2, 0.25) is 5.91 Å². The van der Waals surface area contributed by atoms with E-state index in [4.69, 9.17) is 11.6 Å². The number of aromatic nitrogens is 4. The van der Waals surface area contributed by atoms with Crippen molar-refractivity contribution in [3.8, 4) is 11.4 Å². The summed E-state index contributed by atoms with van der Waals surface area (Å²) in [6.45, 7) is 1.86. The van der Waals surface area contributed by atoms with Crippen molar-refractivity contribution in [1.82, 2.24) is 19.7 Å². The number of nitrogens with one attached hydrogen (secondary N) is 1. The summed E-state index contributed by atoms with van der Waals surface area (Å²) in [5.41, 5.74) is 1.59. The molecule has 0 radical (unpaired) electrons. The fourth-order valence-corrected chi connectivity index (χ4v) is 3.83. The zero-order valence-corrected chi connectivity index (χ0v) is 16.2. The molecular formula is C19H18ClN5OS. The van der Waals surface area contributed by atoms with Crippen LogP contribution >= 0.6 is 23.4 Å².